The van der Waals surface area contributed by atoms with E-state index in [2.05, 4.69) is 10.3 Å². The SMILES string of the molecule is COc1cc(Cl)cc(C(=O)Nc2ccc3c(c2)CCN3C(=O)Cc2ccccn2)c1-c1ccccc1. The maximum absolute atomic E-state index is 13.4. The summed E-state index contributed by atoms with van der Waals surface area (Å²) in [7, 11) is 1.56. The minimum atomic E-state index is -0.296. The van der Waals surface area contributed by atoms with E-state index in [4.69, 9.17) is 16.3 Å². The first-order valence-corrected chi connectivity index (χ1v) is 12.0. The zero-order valence-corrected chi connectivity index (χ0v) is 20.5. The second-order valence-electron chi connectivity index (χ2n) is 8.49. The predicted octanol–water partition coefficient (Wildman–Crippen LogP) is 5.79. The smallest absolute Gasteiger partial charge is 0.256 e. The van der Waals surface area contributed by atoms with Gasteiger partial charge in [-0.2, -0.15) is 0 Å². The van der Waals surface area contributed by atoms with E-state index in [0.717, 1.165) is 22.5 Å². The van der Waals surface area contributed by atoms with Crippen molar-refractivity contribution < 1.29 is 14.3 Å². The van der Waals surface area contributed by atoms with Crippen LogP contribution in [-0.4, -0.2) is 30.5 Å². The molecule has 4 aromatic rings. The van der Waals surface area contributed by atoms with Gasteiger partial charge in [-0.05, 0) is 60.0 Å². The van der Waals surface area contributed by atoms with Gasteiger partial charge in [-0.25, -0.2) is 0 Å². The van der Waals surface area contributed by atoms with Gasteiger partial charge in [0.2, 0.25) is 5.91 Å². The van der Waals surface area contributed by atoms with Crippen molar-refractivity contribution in [1.29, 1.82) is 0 Å². The maximum atomic E-state index is 13.4. The van der Waals surface area contributed by atoms with Crippen molar-refractivity contribution in [1.82, 2.24) is 4.98 Å². The number of nitrogens with one attached hydrogen (secondary N) is 1. The minimum absolute atomic E-state index is 0.00256. The molecule has 0 saturated carbocycles. The van der Waals surface area contributed by atoms with Crippen LogP contribution in [0.15, 0.2) is 85.1 Å². The third-order valence-electron chi connectivity index (χ3n) is 6.19. The number of nitrogens with zero attached hydrogens (tertiary/aromatic N) is 2. The van der Waals surface area contributed by atoms with Gasteiger partial charge < -0.3 is 15.0 Å². The van der Waals surface area contributed by atoms with Crippen LogP contribution in [-0.2, 0) is 17.6 Å². The summed E-state index contributed by atoms with van der Waals surface area (Å²) in [5.41, 5.74) is 5.21. The summed E-state index contributed by atoms with van der Waals surface area (Å²) in [5.74, 6) is 0.230. The van der Waals surface area contributed by atoms with E-state index in [1.807, 2.05) is 66.7 Å². The fourth-order valence-electron chi connectivity index (χ4n) is 4.51. The van der Waals surface area contributed by atoms with Gasteiger partial charge >= 0.3 is 0 Å². The number of rotatable bonds is 6. The topological polar surface area (TPSA) is 71.5 Å². The summed E-state index contributed by atoms with van der Waals surface area (Å²) >= 11 is 6.31. The molecule has 0 atom stereocenters. The van der Waals surface area contributed by atoms with E-state index < -0.39 is 0 Å². The second-order valence-corrected chi connectivity index (χ2v) is 8.92. The summed E-state index contributed by atoms with van der Waals surface area (Å²) in [6, 6.07) is 24.1. The molecule has 36 heavy (non-hydrogen) atoms. The summed E-state index contributed by atoms with van der Waals surface area (Å²) < 4.78 is 5.55. The number of ether oxygens (including phenoxy) is 1. The molecule has 0 aliphatic carbocycles. The molecule has 1 aliphatic rings. The molecule has 0 fully saturated rings. The molecule has 1 aliphatic heterocycles. The van der Waals surface area contributed by atoms with Crippen LogP contribution in [0.5, 0.6) is 5.75 Å². The fourth-order valence-corrected chi connectivity index (χ4v) is 4.72. The maximum Gasteiger partial charge on any atom is 0.256 e. The van der Waals surface area contributed by atoms with Crippen molar-refractivity contribution in [2.45, 2.75) is 12.8 Å². The average Bonchev–Trinajstić information content (AvgIpc) is 3.32. The van der Waals surface area contributed by atoms with Crippen LogP contribution in [0.25, 0.3) is 11.1 Å². The first-order valence-electron chi connectivity index (χ1n) is 11.6. The molecule has 5 rings (SSSR count). The zero-order valence-electron chi connectivity index (χ0n) is 19.7. The Kier molecular flexibility index (Phi) is 6.69. The number of carbonyl (C=O) groups is 2. The number of hydrogen-bond donors (Lipinski definition) is 1. The van der Waals surface area contributed by atoms with E-state index in [1.54, 1.807) is 30.3 Å². The molecule has 0 bridgehead atoms. The Morgan fingerprint density at radius 3 is 2.58 bits per heavy atom. The molecule has 180 valence electrons. The van der Waals surface area contributed by atoms with Gasteiger partial charge in [-0.3, -0.25) is 14.6 Å². The van der Waals surface area contributed by atoms with Gasteiger partial charge in [0.25, 0.3) is 5.91 Å². The van der Waals surface area contributed by atoms with Crippen molar-refractivity contribution >= 4 is 34.8 Å². The van der Waals surface area contributed by atoms with Gasteiger partial charge in [0.15, 0.2) is 0 Å². The number of benzene rings is 3. The lowest BCUT2D eigenvalue weighted by Gasteiger charge is -2.18. The van der Waals surface area contributed by atoms with Crippen molar-refractivity contribution in [3.05, 3.63) is 107 Å². The molecule has 0 saturated heterocycles. The third kappa shape index (κ3) is 4.81. The van der Waals surface area contributed by atoms with Gasteiger partial charge in [-0.1, -0.05) is 48.0 Å². The normalized spacial score (nSPS) is 12.2. The molecule has 6 nitrogen and oxygen atoms in total. The summed E-state index contributed by atoms with van der Waals surface area (Å²) in [6.07, 6.45) is 2.65. The highest BCUT2D eigenvalue weighted by Crippen LogP contribution is 2.37. The Morgan fingerprint density at radius 1 is 1.03 bits per heavy atom. The van der Waals surface area contributed by atoms with Gasteiger partial charge in [-0.15, -0.1) is 0 Å². The third-order valence-corrected chi connectivity index (χ3v) is 6.40. The molecule has 1 aromatic heterocycles. The Bertz CT molecular complexity index is 1420. The van der Waals surface area contributed by atoms with E-state index in [1.165, 1.54) is 0 Å². The number of anilines is 2. The monoisotopic (exact) mass is 497 g/mol. The minimum Gasteiger partial charge on any atom is -0.496 e. The van der Waals surface area contributed by atoms with Crippen LogP contribution >= 0.6 is 11.6 Å². The van der Waals surface area contributed by atoms with Crippen LogP contribution in [0.4, 0.5) is 11.4 Å². The largest absolute Gasteiger partial charge is 0.496 e. The summed E-state index contributed by atoms with van der Waals surface area (Å²) in [6.45, 7) is 0.599. The van der Waals surface area contributed by atoms with Crippen LogP contribution in [0.1, 0.15) is 21.6 Å². The number of halogens is 1. The van der Waals surface area contributed by atoms with Crippen molar-refractivity contribution in [2.24, 2.45) is 0 Å². The van der Waals surface area contributed by atoms with Crippen molar-refractivity contribution in [3.8, 4) is 16.9 Å². The van der Waals surface area contributed by atoms with Gasteiger partial charge in [0.1, 0.15) is 5.75 Å². The van der Waals surface area contributed by atoms with Gasteiger partial charge in [0, 0.05) is 40.4 Å². The molecule has 2 heterocycles. The lowest BCUT2D eigenvalue weighted by Crippen LogP contribution is -2.30. The molecule has 0 radical (unpaired) electrons. The number of methoxy groups -OCH3 is 1. The van der Waals surface area contributed by atoms with Crippen LogP contribution in [0, 0.1) is 0 Å². The van der Waals surface area contributed by atoms with E-state index >= 15 is 0 Å². The number of amides is 2. The molecule has 3 aromatic carbocycles. The lowest BCUT2D eigenvalue weighted by atomic mass is 9.97. The predicted molar refractivity (Wildman–Crippen MR) is 142 cm³/mol. The van der Waals surface area contributed by atoms with E-state index in [-0.39, 0.29) is 18.2 Å². The first-order chi connectivity index (χ1) is 17.5. The van der Waals surface area contributed by atoms with Crippen LogP contribution in [0.2, 0.25) is 5.02 Å². The quantitative estimate of drug-likeness (QED) is 0.366. The number of hydrogen-bond acceptors (Lipinski definition) is 4. The van der Waals surface area contributed by atoms with Crippen LogP contribution < -0.4 is 15.0 Å². The zero-order chi connectivity index (χ0) is 25.1. The standard InChI is InChI=1S/C29H24ClN3O3/c1-36-26-17-21(30)16-24(28(26)19-7-3-2-4-8-19)29(35)32-23-10-11-25-20(15-23)12-14-33(25)27(34)18-22-9-5-6-13-31-22/h2-11,13,15-17H,12,14,18H2,1H3,(H,32,35). The Morgan fingerprint density at radius 2 is 1.83 bits per heavy atom. The van der Waals surface area contributed by atoms with E-state index in [9.17, 15) is 9.59 Å². The highest BCUT2D eigenvalue weighted by Gasteiger charge is 2.26. The van der Waals surface area contributed by atoms with Gasteiger partial charge in [0.05, 0.1) is 19.1 Å². The fraction of sp³-hybridized carbons (Fsp3) is 0.138. The average molecular weight is 498 g/mol. The molecule has 2 amide bonds. The molecular weight excluding hydrogens is 474 g/mol. The first kappa shape index (κ1) is 23.6. The number of pyridine rings is 1. The molecular formula is C29H24ClN3O3. The highest BCUT2D eigenvalue weighted by atomic mass is 35.5. The molecule has 0 unspecified atom stereocenters. The number of aromatic nitrogens is 1. The molecule has 0 spiro atoms. The molecule has 1 N–H and O–H groups in total. The van der Waals surface area contributed by atoms with E-state index in [0.29, 0.717) is 40.6 Å². The van der Waals surface area contributed by atoms with Crippen molar-refractivity contribution in [2.75, 3.05) is 23.9 Å². The summed E-state index contributed by atoms with van der Waals surface area (Å²) in [4.78, 5) is 32.3. The molecule has 7 heteroatoms. The van der Waals surface area contributed by atoms with Crippen LogP contribution in [0.3, 0.4) is 0 Å². The number of fused-ring (bicyclic) bond motifs is 1. The Labute approximate surface area is 214 Å². The Hall–Kier alpha value is -4.16. The lowest BCUT2D eigenvalue weighted by molar-refractivity contribution is -0.117. The summed E-state index contributed by atoms with van der Waals surface area (Å²) in [5, 5.41) is 3.40. The van der Waals surface area contributed by atoms with Crippen molar-refractivity contribution in [3.63, 3.8) is 0 Å². The number of carbonyl (C=O) groups excluding carboxylic acids is 2. The highest BCUT2D eigenvalue weighted by molar-refractivity contribution is 6.31. The second kappa shape index (κ2) is 10.2. The Balaban J connectivity index is 1.39.